The van der Waals surface area contributed by atoms with Gasteiger partial charge in [0, 0.05) is 25.2 Å². The number of amides is 4. The molecular weight excluding hydrogens is 574 g/mol. The van der Waals surface area contributed by atoms with Gasteiger partial charge in [-0.05, 0) is 55.3 Å². The van der Waals surface area contributed by atoms with E-state index in [0.717, 1.165) is 5.56 Å². The van der Waals surface area contributed by atoms with Crippen molar-refractivity contribution in [3.8, 4) is 0 Å². The zero-order valence-corrected chi connectivity index (χ0v) is 26.0. The summed E-state index contributed by atoms with van der Waals surface area (Å²) in [7, 11) is 0. The van der Waals surface area contributed by atoms with E-state index in [1.165, 1.54) is 6.08 Å². The molecule has 0 radical (unpaired) electrons. The minimum atomic E-state index is -1.15. The fourth-order valence-corrected chi connectivity index (χ4v) is 5.22. The minimum absolute atomic E-state index is 0.0452. The molecule has 1 fully saturated rings. The summed E-state index contributed by atoms with van der Waals surface area (Å²) >= 11 is 0. The number of aliphatic imine (C=N–C) groups is 1. The molecule has 12 heteroatoms. The van der Waals surface area contributed by atoms with Crippen LogP contribution in [-0.4, -0.2) is 77.3 Å². The number of rotatable bonds is 14. The Bertz CT molecular complexity index is 1330. The van der Waals surface area contributed by atoms with Crippen LogP contribution in [0.4, 0.5) is 4.79 Å². The molecule has 0 aliphatic carbocycles. The van der Waals surface area contributed by atoms with Gasteiger partial charge in [-0.2, -0.15) is 4.90 Å². The summed E-state index contributed by atoms with van der Waals surface area (Å²) < 4.78 is 5.44. The molecule has 2 aromatic carbocycles. The molecule has 1 saturated heterocycles. The maximum Gasteiger partial charge on any atom is 0.423 e. The number of nitrogens with one attached hydrogen (secondary N) is 1. The molecule has 0 spiro atoms. The molecule has 0 saturated carbocycles. The van der Waals surface area contributed by atoms with E-state index in [1.807, 2.05) is 55.1 Å². The van der Waals surface area contributed by atoms with Gasteiger partial charge in [0.1, 0.15) is 6.61 Å². The van der Waals surface area contributed by atoms with Gasteiger partial charge in [0.05, 0.1) is 12.1 Å². The Morgan fingerprint density at radius 1 is 1.07 bits per heavy atom. The Labute approximate surface area is 264 Å². The Balaban J connectivity index is 1.75. The zero-order chi connectivity index (χ0) is 32.8. The van der Waals surface area contributed by atoms with Crippen molar-refractivity contribution >= 4 is 35.9 Å². The van der Waals surface area contributed by atoms with Crippen molar-refractivity contribution in [2.75, 3.05) is 19.6 Å². The van der Waals surface area contributed by atoms with E-state index < -0.39 is 30.0 Å². The number of imide groups is 3. The van der Waals surface area contributed by atoms with Crippen molar-refractivity contribution in [3.63, 3.8) is 0 Å². The van der Waals surface area contributed by atoms with Crippen LogP contribution in [0.15, 0.2) is 71.7 Å². The average Bonchev–Trinajstić information content (AvgIpc) is 3.51. The molecule has 0 bridgehead atoms. The fourth-order valence-electron chi connectivity index (χ4n) is 5.22. The molecule has 0 unspecified atom stereocenters. The predicted octanol–water partition coefficient (Wildman–Crippen LogP) is 2.38. The number of nitrogens with zero attached hydrogens (tertiary/aromatic N) is 3. The number of hydrogen-bond donors (Lipinski definition) is 4. The Kier molecular flexibility index (Phi) is 13.7. The molecule has 12 nitrogen and oxygen atoms in total. The Hall–Kier alpha value is -4.55. The molecule has 7 N–H and O–H groups in total. The summed E-state index contributed by atoms with van der Waals surface area (Å²) in [5.74, 6) is -1.85. The number of likely N-dealkylation sites (tertiary alicyclic amines) is 1. The molecule has 3 atom stereocenters. The number of carbonyl (C=O) groups excluding carboxylic acids is 4. The van der Waals surface area contributed by atoms with Crippen LogP contribution in [0, 0.1) is 5.92 Å². The molecule has 2 aromatic rings. The summed E-state index contributed by atoms with van der Waals surface area (Å²) in [4.78, 5) is 60.0. The lowest BCUT2D eigenvalue weighted by Crippen LogP contribution is -2.58. The third kappa shape index (κ3) is 10.8. The number of nitrogens with two attached hydrogens (primary N) is 3. The first-order valence-electron chi connectivity index (χ1n) is 15.2. The topological polar surface area (TPSA) is 186 Å². The largest absolute Gasteiger partial charge is 0.444 e. The summed E-state index contributed by atoms with van der Waals surface area (Å²) in [5, 5.41) is 2.94. The lowest BCUT2D eigenvalue weighted by atomic mass is 10.0. The first-order chi connectivity index (χ1) is 21.6. The smallest absolute Gasteiger partial charge is 0.423 e. The van der Waals surface area contributed by atoms with Gasteiger partial charge in [-0.1, -0.05) is 74.5 Å². The molecule has 1 aliphatic heterocycles. The van der Waals surface area contributed by atoms with Crippen LogP contribution in [0.25, 0.3) is 6.08 Å². The van der Waals surface area contributed by atoms with Crippen LogP contribution >= 0.6 is 0 Å². The monoisotopic (exact) mass is 619 g/mol. The molecule has 3 rings (SSSR count). The van der Waals surface area contributed by atoms with Gasteiger partial charge >= 0.3 is 6.09 Å². The first-order valence-corrected chi connectivity index (χ1v) is 15.2. The van der Waals surface area contributed by atoms with E-state index in [0.29, 0.717) is 36.3 Å². The van der Waals surface area contributed by atoms with Crippen molar-refractivity contribution in [1.82, 2.24) is 15.1 Å². The number of carbonyl (C=O) groups is 4. The van der Waals surface area contributed by atoms with Crippen molar-refractivity contribution in [2.45, 2.75) is 64.3 Å². The molecule has 45 heavy (non-hydrogen) atoms. The van der Waals surface area contributed by atoms with E-state index >= 15 is 0 Å². The average molecular weight is 620 g/mol. The van der Waals surface area contributed by atoms with E-state index in [4.69, 9.17) is 21.9 Å². The highest BCUT2D eigenvalue weighted by atomic mass is 16.6. The lowest BCUT2D eigenvalue weighted by molar-refractivity contribution is -0.147. The standard InChI is InChI=1S/C33H45N7O5/c1-23(2)28(21-38-29(41)18-17-24-11-5-3-6-12-24)39-20-10-16-27(39)31(43)40(30(42)26(34)15-9-19-37-32(35)36)33(44)45-22-25-13-7-4-8-14-25/h3-8,11-14,17-18,23,26-28H,9-10,15-16,19-22,34H2,1-2H3,(H,38,41)(H4,35,36,37)/b18-17+/t26-,27-,28+/m0/s1. The second-order valence-corrected chi connectivity index (χ2v) is 11.3. The van der Waals surface area contributed by atoms with Gasteiger partial charge in [0.15, 0.2) is 5.96 Å². The predicted molar refractivity (Wildman–Crippen MR) is 173 cm³/mol. The molecule has 1 heterocycles. The van der Waals surface area contributed by atoms with E-state index in [9.17, 15) is 19.2 Å². The van der Waals surface area contributed by atoms with Gasteiger partial charge in [-0.3, -0.25) is 24.3 Å². The van der Waals surface area contributed by atoms with Crippen LogP contribution in [0.3, 0.4) is 0 Å². The van der Waals surface area contributed by atoms with Gasteiger partial charge in [-0.15, -0.1) is 0 Å². The van der Waals surface area contributed by atoms with Gasteiger partial charge in [0.25, 0.3) is 11.8 Å². The van der Waals surface area contributed by atoms with Crippen molar-refractivity contribution in [1.29, 1.82) is 0 Å². The molecular formula is C33H45N7O5. The van der Waals surface area contributed by atoms with Crippen LogP contribution in [0.5, 0.6) is 0 Å². The number of benzene rings is 2. The van der Waals surface area contributed by atoms with Crippen molar-refractivity contribution in [2.24, 2.45) is 28.1 Å². The zero-order valence-electron chi connectivity index (χ0n) is 26.0. The first kappa shape index (κ1) is 34.9. The number of ether oxygens (including phenoxy) is 1. The second-order valence-electron chi connectivity index (χ2n) is 11.3. The highest BCUT2D eigenvalue weighted by molar-refractivity contribution is 6.11. The summed E-state index contributed by atoms with van der Waals surface area (Å²) in [5.41, 5.74) is 18.5. The summed E-state index contributed by atoms with van der Waals surface area (Å²) in [6.45, 7) is 4.95. The van der Waals surface area contributed by atoms with E-state index in [2.05, 4.69) is 10.3 Å². The normalized spacial score (nSPS) is 16.2. The molecule has 1 aliphatic rings. The van der Waals surface area contributed by atoms with Crippen molar-refractivity contribution < 1.29 is 23.9 Å². The maximum atomic E-state index is 14.1. The van der Waals surface area contributed by atoms with Crippen LogP contribution in [0.1, 0.15) is 50.7 Å². The van der Waals surface area contributed by atoms with E-state index in [-0.39, 0.29) is 49.9 Å². The maximum absolute atomic E-state index is 14.1. The van der Waals surface area contributed by atoms with E-state index in [1.54, 1.807) is 30.3 Å². The number of hydrogen-bond acceptors (Lipinski definition) is 8. The third-order valence-electron chi connectivity index (χ3n) is 7.60. The third-order valence-corrected chi connectivity index (χ3v) is 7.60. The Morgan fingerprint density at radius 3 is 2.38 bits per heavy atom. The highest BCUT2D eigenvalue weighted by Crippen LogP contribution is 2.26. The molecule has 4 amide bonds. The van der Waals surface area contributed by atoms with Crippen LogP contribution in [-0.2, 0) is 25.7 Å². The van der Waals surface area contributed by atoms with Gasteiger partial charge in [-0.25, -0.2) is 4.79 Å². The lowest BCUT2D eigenvalue weighted by Gasteiger charge is -2.36. The van der Waals surface area contributed by atoms with Gasteiger partial charge < -0.3 is 27.3 Å². The number of guanidine groups is 1. The quantitative estimate of drug-likeness (QED) is 0.107. The van der Waals surface area contributed by atoms with Crippen LogP contribution in [0.2, 0.25) is 0 Å². The minimum Gasteiger partial charge on any atom is -0.444 e. The molecule has 242 valence electrons. The Morgan fingerprint density at radius 2 is 1.73 bits per heavy atom. The van der Waals surface area contributed by atoms with Crippen LogP contribution < -0.4 is 22.5 Å². The fraction of sp³-hybridized carbons (Fsp3) is 0.424. The summed E-state index contributed by atoms with van der Waals surface area (Å²) in [6.07, 6.45) is 3.74. The van der Waals surface area contributed by atoms with Crippen molar-refractivity contribution in [3.05, 3.63) is 77.9 Å². The second kappa shape index (κ2) is 17.7. The highest BCUT2D eigenvalue weighted by Gasteiger charge is 2.43. The summed E-state index contributed by atoms with van der Waals surface area (Å²) in [6, 6.07) is 16.3. The SMILES string of the molecule is CC(C)[C@@H](CNC(=O)/C=C/c1ccccc1)N1CCC[C@H]1C(=O)N(C(=O)OCc1ccccc1)C(=O)[C@@H](N)CCCN=C(N)N. The molecule has 0 aromatic heterocycles. The van der Waals surface area contributed by atoms with Gasteiger partial charge in [0.2, 0.25) is 5.91 Å².